The Kier molecular flexibility index (Phi) is 5.61. The molecule has 2 aromatic heterocycles. The molecule has 27 heavy (non-hydrogen) atoms. The first-order valence-corrected chi connectivity index (χ1v) is 8.49. The van der Waals surface area contributed by atoms with Gasteiger partial charge in [-0.05, 0) is 50.2 Å². The molecule has 1 aromatic carbocycles. The predicted octanol–water partition coefficient (Wildman–Crippen LogP) is 3.01. The van der Waals surface area contributed by atoms with E-state index in [1.165, 1.54) is 6.20 Å². The molecule has 7 nitrogen and oxygen atoms in total. The molecule has 0 bridgehead atoms. The lowest BCUT2D eigenvalue weighted by Gasteiger charge is -2.06. The van der Waals surface area contributed by atoms with E-state index in [0.717, 1.165) is 0 Å². The van der Waals surface area contributed by atoms with E-state index >= 15 is 0 Å². The van der Waals surface area contributed by atoms with Crippen molar-refractivity contribution in [3.8, 4) is 11.6 Å². The molecule has 0 aliphatic heterocycles. The van der Waals surface area contributed by atoms with Crippen molar-refractivity contribution in [1.82, 2.24) is 14.8 Å². The van der Waals surface area contributed by atoms with Gasteiger partial charge in [-0.1, -0.05) is 6.07 Å². The Morgan fingerprint density at radius 1 is 1.11 bits per heavy atom. The van der Waals surface area contributed by atoms with Gasteiger partial charge < -0.3 is 9.47 Å². The van der Waals surface area contributed by atoms with E-state index in [-0.39, 0.29) is 12.4 Å². The molecule has 138 valence electrons. The maximum Gasteiger partial charge on any atom is 0.342 e. The smallest absolute Gasteiger partial charge is 0.342 e. The second-order valence-electron chi connectivity index (χ2n) is 5.70. The Hall–Kier alpha value is -3.48. The number of aromatic nitrogens is 3. The molecule has 0 saturated carbocycles. The maximum absolute atomic E-state index is 12.3. The standard InChI is InChI=1S/C20H19N3O4/c1-3-26-16-9-7-15(8-10-16)18(24)13-27-20(25)17-12-22-23(14(17)2)19-6-4-5-11-21-19/h4-12H,3,13H2,1-2H3. The van der Waals surface area contributed by atoms with Crippen molar-refractivity contribution >= 4 is 11.8 Å². The molecule has 0 radical (unpaired) electrons. The summed E-state index contributed by atoms with van der Waals surface area (Å²) in [5.74, 6) is 0.387. The van der Waals surface area contributed by atoms with Crippen LogP contribution in [0.25, 0.3) is 5.82 Å². The second kappa shape index (κ2) is 8.27. The Labute approximate surface area is 156 Å². The highest BCUT2D eigenvalue weighted by Crippen LogP contribution is 2.15. The van der Waals surface area contributed by atoms with Crippen LogP contribution in [-0.4, -0.2) is 39.7 Å². The summed E-state index contributed by atoms with van der Waals surface area (Å²) in [6.07, 6.45) is 3.05. The zero-order chi connectivity index (χ0) is 19.2. The van der Waals surface area contributed by atoms with Crippen LogP contribution in [0.5, 0.6) is 5.75 Å². The van der Waals surface area contributed by atoms with Crippen LogP contribution in [0.3, 0.4) is 0 Å². The molecule has 3 rings (SSSR count). The molecule has 3 aromatic rings. The topological polar surface area (TPSA) is 83.3 Å². The molecule has 2 heterocycles. The minimum atomic E-state index is -0.603. The highest BCUT2D eigenvalue weighted by atomic mass is 16.5. The van der Waals surface area contributed by atoms with Gasteiger partial charge in [-0.3, -0.25) is 4.79 Å². The number of benzene rings is 1. The largest absolute Gasteiger partial charge is 0.494 e. The first kappa shape index (κ1) is 18.3. The van der Waals surface area contributed by atoms with Crippen molar-refractivity contribution < 1.29 is 19.1 Å². The number of hydrogen-bond acceptors (Lipinski definition) is 6. The molecule has 0 saturated heterocycles. The van der Waals surface area contributed by atoms with Gasteiger partial charge >= 0.3 is 5.97 Å². The van der Waals surface area contributed by atoms with Crippen molar-refractivity contribution in [2.24, 2.45) is 0 Å². The number of carbonyl (C=O) groups is 2. The van der Waals surface area contributed by atoms with Crippen LogP contribution in [-0.2, 0) is 4.74 Å². The minimum Gasteiger partial charge on any atom is -0.494 e. The van der Waals surface area contributed by atoms with E-state index in [1.54, 1.807) is 54.2 Å². The average molecular weight is 365 g/mol. The zero-order valence-electron chi connectivity index (χ0n) is 15.1. The molecule has 0 aliphatic carbocycles. The number of ketones is 1. The summed E-state index contributed by atoms with van der Waals surface area (Å²) in [4.78, 5) is 28.7. The van der Waals surface area contributed by atoms with Crippen LogP contribution in [0.4, 0.5) is 0 Å². The normalized spacial score (nSPS) is 10.4. The van der Waals surface area contributed by atoms with E-state index in [2.05, 4.69) is 10.1 Å². The van der Waals surface area contributed by atoms with Gasteiger partial charge in [-0.2, -0.15) is 5.10 Å². The summed E-state index contributed by atoms with van der Waals surface area (Å²) in [5, 5.41) is 4.17. The summed E-state index contributed by atoms with van der Waals surface area (Å²) in [6.45, 7) is 3.83. The third-order valence-corrected chi connectivity index (χ3v) is 3.92. The van der Waals surface area contributed by atoms with Gasteiger partial charge in [0.2, 0.25) is 0 Å². The number of esters is 1. The number of nitrogens with zero attached hydrogens (tertiary/aromatic N) is 3. The summed E-state index contributed by atoms with van der Waals surface area (Å²) < 4.78 is 12.0. The predicted molar refractivity (Wildman–Crippen MR) is 98.3 cm³/mol. The minimum absolute atomic E-state index is 0.291. The molecule has 0 aliphatic rings. The van der Waals surface area contributed by atoms with E-state index in [1.807, 2.05) is 13.0 Å². The van der Waals surface area contributed by atoms with Crippen LogP contribution in [0, 0.1) is 6.92 Å². The highest BCUT2D eigenvalue weighted by molar-refractivity contribution is 5.99. The first-order chi connectivity index (χ1) is 13.1. The summed E-state index contributed by atoms with van der Waals surface area (Å²) in [5.41, 5.74) is 1.33. The number of ether oxygens (including phenoxy) is 2. The molecule has 0 atom stereocenters. The fourth-order valence-corrected chi connectivity index (χ4v) is 2.52. The molecule has 0 N–H and O–H groups in total. The maximum atomic E-state index is 12.3. The number of rotatable bonds is 7. The number of Topliss-reactive ketones (excluding diaryl/α,β-unsaturated/α-hetero) is 1. The lowest BCUT2D eigenvalue weighted by molar-refractivity contribution is 0.0474. The van der Waals surface area contributed by atoms with Gasteiger partial charge in [-0.25, -0.2) is 14.5 Å². The summed E-state index contributed by atoms with van der Waals surface area (Å²) in [7, 11) is 0. The van der Waals surface area contributed by atoms with E-state index in [0.29, 0.717) is 35.0 Å². The van der Waals surface area contributed by atoms with Crippen molar-refractivity contribution in [3.63, 3.8) is 0 Å². The Balaban J connectivity index is 1.64. The first-order valence-electron chi connectivity index (χ1n) is 8.49. The highest BCUT2D eigenvalue weighted by Gasteiger charge is 2.18. The van der Waals surface area contributed by atoms with Crippen molar-refractivity contribution in [2.75, 3.05) is 13.2 Å². The zero-order valence-corrected chi connectivity index (χ0v) is 15.1. The molecule has 0 amide bonds. The van der Waals surface area contributed by atoms with E-state index in [9.17, 15) is 9.59 Å². The summed E-state index contributed by atoms with van der Waals surface area (Å²) >= 11 is 0. The second-order valence-corrected chi connectivity index (χ2v) is 5.70. The van der Waals surface area contributed by atoms with Crippen LogP contribution in [0.2, 0.25) is 0 Å². The number of pyridine rings is 1. The van der Waals surface area contributed by atoms with Gasteiger partial charge in [0.05, 0.1) is 18.5 Å². The van der Waals surface area contributed by atoms with Gasteiger partial charge in [0.25, 0.3) is 0 Å². The van der Waals surface area contributed by atoms with Crippen LogP contribution >= 0.6 is 0 Å². The molecular formula is C20H19N3O4. The van der Waals surface area contributed by atoms with Crippen LogP contribution in [0.1, 0.15) is 33.3 Å². The SMILES string of the molecule is CCOc1ccc(C(=O)COC(=O)c2cnn(-c3ccccn3)c2C)cc1. The molecule has 0 spiro atoms. The number of hydrogen-bond donors (Lipinski definition) is 0. The van der Waals surface area contributed by atoms with Crippen molar-refractivity contribution in [3.05, 3.63) is 71.7 Å². The fraction of sp³-hybridized carbons (Fsp3) is 0.200. The van der Waals surface area contributed by atoms with E-state index < -0.39 is 5.97 Å². The Morgan fingerprint density at radius 3 is 2.56 bits per heavy atom. The van der Waals surface area contributed by atoms with Crippen molar-refractivity contribution in [1.29, 1.82) is 0 Å². The average Bonchev–Trinajstić information content (AvgIpc) is 3.09. The lowest BCUT2D eigenvalue weighted by atomic mass is 10.1. The number of carbonyl (C=O) groups excluding carboxylic acids is 2. The quantitative estimate of drug-likeness (QED) is 0.473. The third-order valence-electron chi connectivity index (χ3n) is 3.92. The van der Waals surface area contributed by atoms with E-state index in [4.69, 9.17) is 9.47 Å². The molecular weight excluding hydrogens is 346 g/mol. The van der Waals surface area contributed by atoms with Crippen LogP contribution in [0.15, 0.2) is 54.9 Å². The molecule has 0 unspecified atom stereocenters. The van der Waals surface area contributed by atoms with Gasteiger partial charge in [-0.15, -0.1) is 0 Å². The fourth-order valence-electron chi connectivity index (χ4n) is 2.52. The third kappa shape index (κ3) is 4.20. The Bertz CT molecular complexity index is 934. The van der Waals surface area contributed by atoms with Gasteiger partial charge in [0.1, 0.15) is 11.3 Å². The monoisotopic (exact) mass is 365 g/mol. The molecule has 0 fully saturated rings. The lowest BCUT2D eigenvalue weighted by Crippen LogP contribution is -2.15. The van der Waals surface area contributed by atoms with Crippen LogP contribution < -0.4 is 4.74 Å². The summed E-state index contributed by atoms with van der Waals surface area (Å²) in [6, 6.07) is 12.1. The van der Waals surface area contributed by atoms with Crippen molar-refractivity contribution in [2.45, 2.75) is 13.8 Å². The molecule has 7 heteroatoms. The Morgan fingerprint density at radius 2 is 1.89 bits per heavy atom. The van der Waals surface area contributed by atoms with Gasteiger partial charge in [0.15, 0.2) is 18.2 Å². The van der Waals surface area contributed by atoms with Gasteiger partial charge in [0, 0.05) is 11.8 Å².